The van der Waals surface area contributed by atoms with Crippen molar-refractivity contribution in [2.75, 3.05) is 18.0 Å². The molecular formula is C17H22N2O2. The van der Waals surface area contributed by atoms with Crippen molar-refractivity contribution < 1.29 is 9.59 Å². The molecule has 1 unspecified atom stereocenters. The van der Waals surface area contributed by atoms with Crippen LogP contribution in [0.5, 0.6) is 0 Å². The van der Waals surface area contributed by atoms with E-state index in [0.717, 1.165) is 25.4 Å². The van der Waals surface area contributed by atoms with Crippen LogP contribution in [0.4, 0.5) is 5.69 Å². The summed E-state index contributed by atoms with van der Waals surface area (Å²) in [6, 6.07) is 8.99. The second-order valence-electron chi connectivity index (χ2n) is 6.06. The van der Waals surface area contributed by atoms with Gasteiger partial charge in [0.2, 0.25) is 5.91 Å². The van der Waals surface area contributed by atoms with E-state index >= 15 is 0 Å². The molecule has 112 valence electrons. The lowest BCUT2D eigenvalue weighted by Crippen LogP contribution is -2.43. The summed E-state index contributed by atoms with van der Waals surface area (Å²) in [4.78, 5) is 28.6. The maximum absolute atomic E-state index is 12.7. The Morgan fingerprint density at radius 2 is 1.90 bits per heavy atom. The highest BCUT2D eigenvalue weighted by atomic mass is 16.2. The van der Waals surface area contributed by atoms with E-state index in [1.54, 1.807) is 0 Å². The minimum atomic E-state index is -0.266. The molecule has 0 bridgehead atoms. The quantitative estimate of drug-likeness (QED) is 0.754. The molecule has 21 heavy (non-hydrogen) atoms. The summed E-state index contributed by atoms with van der Waals surface area (Å²) >= 11 is 0. The molecule has 4 nitrogen and oxygen atoms in total. The third kappa shape index (κ3) is 3.00. The third-order valence-electron chi connectivity index (χ3n) is 4.28. The van der Waals surface area contributed by atoms with E-state index in [1.807, 2.05) is 30.3 Å². The van der Waals surface area contributed by atoms with Gasteiger partial charge in [0.15, 0.2) is 0 Å². The smallest absolute Gasteiger partial charge is 0.251 e. The van der Waals surface area contributed by atoms with Gasteiger partial charge in [-0.25, -0.2) is 4.90 Å². The second-order valence-corrected chi connectivity index (χ2v) is 6.06. The third-order valence-corrected chi connectivity index (χ3v) is 4.28. The lowest BCUT2D eigenvalue weighted by Gasteiger charge is -2.26. The van der Waals surface area contributed by atoms with Gasteiger partial charge >= 0.3 is 0 Å². The number of para-hydroxylation sites is 1. The zero-order valence-corrected chi connectivity index (χ0v) is 12.5. The second kappa shape index (κ2) is 5.98. The van der Waals surface area contributed by atoms with Crippen molar-refractivity contribution in [2.24, 2.45) is 5.92 Å². The van der Waals surface area contributed by atoms with Crippen molar-refractivity contribution in [2.45, 2.75) is 38.6 Å². The molecule has 0 aromatic heterocycles. The Bertz CT molecular complexity index is 525. The first-order chi connectivity index (χ1) is 10.2. The largest absolute Gasteiger partial charge is 0.291 e. The van der Waals surface area contributed by atoms with E-state index in [4.69, 9.17) is 0 Å². The van der Waals surface area contributed by atoms with Gasteiger partial charge in [-0.3, -0.25) is 14.5 Å². The summed E-state index contributed by atoms with van der Waals surface area (Å²) in [5, 5.41) is 0. The van der Waals surface area contributed by atoms with Crippen LogP contribution in [0.3, 0.4) is 0 Å². The predicted octanol–water partition coefficient (Wildman–Crippen LogP) is 2.44. The molecule has 2 fully saturated rings. The fourth-order valence-corrected chi connectivity index (χ4v) is 3.04. The first-order valence-electron chi connectivity index (χ1n) is 7.86. The fraction of sp³-hybridized carbons (Fsp3) is 0.529. The predicted molar refractivity (Wildman–Crippen MR) is 81.9 cm³/mol. The molecule has 1 saturated carbocycles. The highest BCUT2D eigenvalue weighted by molar-refractivity contribution is 6.22. The van der Waals surface area contributed by atoms with Gasteiger partial charge in [-0.2, -0.15) is 0 Å². The highest BCUT2D eigenvalue weighted by Crippen LogP contribution is 2.32. The lowest BCUT2D eigenvalue weighted by atomic mass is 10.2. The Morgan fingerprint density at radius 1 is 1.19 bits per heavy atom. The summed E-state index contributed by atoms with van der Waals surface area (Å²) in [6.07, 6.45) is 3.85. The molecule has 0 radical (unpaired) electrons. The molecule has 0 spiro atoms. The molecule has 1 aromatic carbocycles. The summed E-state index contributed by atoms with van der Waals surface area (Å²) in [7, 11) is 0. The SMILES string of the molecule is CCCN(CC1CC1)C1CC(=O)N(c2ccccc2)C1=O. The van der Waals surface area contributed by atoms with E-state index < -0.39 is 0 Å². The summed E-state index contributed by atoms with van der Waals surface area (Å²) < 4.78 is 0. The molecule has 1 aromatic rings. The van der Waals surface area contributed by atoms with Crippen molar-refractivity contribution >= 4 is 17.5 Å². The van der Waals surface area contributed by atoms with Crippen LogP contribution in [0.25, 0.3) is 0 Å². The number of anilines is 1. The molecule has 1 heterocycles. The average Bonchev–Trinajstić information content (AvgIpc) is 3.24. The highest BCUT2D eigenvalue weighted by Gasteiger charge is 2.43. The van der Waals surface area contributed by atoms with Crippen LogP contribution >= 0.6 is 0 Å². The first-order valence-corrected chi connectivity index (χ1v) is 7.86. The normalized spacial score (nSPS) is 22.4. The van der Waals surface area contributed by atoms with Crippen molar-refractivity contribution in [3.8, 4) is 0 Å². The monoisotopic (exact) mass is 286 g/mol. The molecule has 2 amide bonds. The summed E-state index contributed by atoms with van der Waals surface area (Å²) in [5.41, 5.74) is 0.692. The van der Waals surface area contributed by atoms with Crippen molar-refractivity contribution in [3.05, 3.63) is 30.3 Å². The van der Waals surface area contributed by atoms with E-state index in [0.29, 0.717) is 12.1 Å². The van der Waals surface area contributed by atoms with Crippen molar-refractivity contribution in [3.63, 3.8) is 0 Å². The zero-order valence-electron chi connectivity index (χ0n) is 12.5. The molecule has 1 atom stereocenters. The average molecular weight is 286 g/mol. The number of carbonyl (C=O) groups excluding carboxylic acids is 2. The topological polar surface area (TPSA) is 40.6 Å². The number of amides is 2. The molecule has 2 aliphatic rings. The summed E-state index contributed by atoms with van der Waals surface area (Å²) in [5.74, 6) is 0.596. The number of rotatable bonds is 6. The molecule has 1 aliphatic carbocycles. The van der Waals surface area contributed by atoms with Crippen LogP contribution in [0.1, 0.15) is 32.6 Å². The number of imide groups is 1. The van der Waals surface area contributed by atoms with Crippen LogP contribution in [-0.4, -0.2) is 35.8 Å². The first kappa shape index (κ1) is 14.3. The fourth-order valence-electron chi connectivity index (χ4n) is 3.04. The van der Waals surface area contributed by atoms with E-state index in [9.17, 15) is 9.59 Å². The molecular weight excluding hydrogens is 264 g/mol. The Hall–Kier alpha value is -1.68. The van der Waals surface area contributed by atoms with Crippen molar-refractivity contribution in [1.29, 1.82) is 0 Å². The molecule has 0 N–H and O–H groups in total. The van der Waals surface area contributed by atoms with Gasteiger partial charge in [0, 0.05) is 6.54 Å². The zero-order chi connectivity index (χ0) is 14.8. The molecule has 3 rings (SSSR count). The number of hydrogen-bond acceptors (Lipinski definition) is 3. The van der Waals surface area contributed by atoms with E-state index in [-0.39, 0.29) is 17.9 Å². The van der Waals surface area contributed by atoms with Crippen LogP contribution in [0.2, 0.25) is 0 Å². The molecule has 1 aliphatic heterocycles. The van der Waals surface area contributed by atoms with Gasteiger partial charge in [-0.05, 0) is 43.9 Å². The Labute approximate surface area is 125 Å². The van der Waals surface area contributed by atoms with Crippen LogP contribution in [0.15, 0.2) is 30.3 Å². The van der Waals surface area contributed by atoms with Gasteiger partial charge in [-0.1, -0.05) is 25.1 Å². The minimum Gasteiger partial charge on any atom is -0.291 e. The Morgan fingerprint density at radius 3 is 2.52 bits per heavy atom. The van der Waals surface area contributed by atoms with Gasteiger partial charge in [0.1, 0.15) is 0 Å². The maximum Gasteiger partial charge on any atom is 0.251 e. The number of carbonyl (C=O) groups is 2. The molecule has 1 saturated heterocycles. The van der Waals surface area contributed by atoms with Crippen molar-refractivity contribution in [1.82, 2.24) is 4.90 Å². The Kier molecular flexibility index (Phi) is 4.06. The molecule has 4 heteroatoms. The number of nitrogens with zero attached hydrogens (tertiary/aromatic N) is 2. The van der Waals surface area contributed by atoms with E-state index in [1.165, 1.54) is 17.7 Å². The number of benzene rings is 1. The van der Waals surface area contributed by atoms with Gasteiger partial charge in [0.25, 0.3) is 5.91 Å². The van der Waals surface area contributed by atoms with Gasteiger partial charge in [0.05, 0.1) is 18.2 Å². The standard InChI is InChI=1S/C17H22N2O2/c1-2-10-18(12-13-8-9-13)15-11-16(20)19(17(15)21)14-6-4-3-5-7-14/h3-7,13,15H,2,8-12H2,1H3. The van der Waals surface area contributed by atoms with Gasteiger partial charge < -0.3 is 0 Å². The van der Waals surface area contributed by atoms with Gasteiger partial charge in [-0.15, -0.1) is 0 Å². The minimum absolute atomic E-state index is 0.0553. The van der Waals surface area contributed by atoms with Crippen LogP contribution < -0.4 is 4.90 Å². The van der Waals surface area contributed by atoms with Crippen LogP contribution in [-0.2, 0) is 9.59 Å². The Balaban J connectivity index is 1.78. The van der Waals surface area contributed by atoms with E-state index in [2.05, 4.69) is 11.8 Å². The number of hydrogen-bond donors (Lipinski definition) is 0. The summed E-state index contributed by atoms with van der Waals surface area (Å²) in [6.45, 7) is 3.97. The lowest BCUT2D eigenvalue weighted by molar-refractivity contribution is -0.123. The van der Waals surface area contributed by atoms with Crippen LogP contribution in [0, 0.1) is 5.92 Å². The maximum atomic E-state index is 12.7.